The van der Waals surface area contributed by atoms with E-state index in [1.54, 1.807) is 30.3 Å². The van der Waals surface area contributed by atoms with Gasteiger partial charge in [-0.2, -0.15) is 5.26 Å². The highest BCUT2D eigenvalue weighted by Crippen LogP contribution is 2.35. The minimum atomic E-state index is -0.521. The van der Waals surface area contributed by atoms with Crippen LogP contribution in [0.15, 0.2) is 49.0 Å². The summed E-state index contributed by atoms with van der Waals surface area (Å²) in [6, 6.07) is 14.9. The van der Waals surface area contributed by atoms with Gasteiger partial charge in [0.15, 0.2) is 17.3 Å². The molecule has 0 fully saturated rings. The van der Waals surface area contributed by atoms with E-state index in [4.69, 9.17) is 9.47 Å². The van der Waals surface area contributed by atoms with Gasteiger partial charge in [-0.1, -0.05) is 42.5 Å². The first-order chi connectivity index (χ1) is 11.6. The van der Waals surface area contributed by atoms with Crippen molar-refractivity contribution >= 4 is 11.4 Å². The topological polar surface area (TPSA) is 59.3 Å². The van der Waals surface area contributed by atoms with Crippen LogP contribution >= 0.6 is 0 Å². The fraction of sp³-hybridized carbons (Fsp3) is 0.200. The number of hydrogen-bond acceptors (Lipinski definition) is 4. The number of hydrogen-bond donors (Lipinski definition) is 0. The molecule has 0 aromatic heterocycles. The zero-order chi connectivity index (χ0) is 17.1. The van der Waals surface area contributed by atoms with Gasteiger partial charge in [-0.25, -0.2) is 0 Å². The largest absolute Gasteiger partial charge is 0.454 e. The molecule has 0 amide bonds. The minimum Gasteiger partial charge on any atom is -0.454 e. The number of carbonyl (C=O) groups is 1. The molecule has 24 heavy (non-hydrogen) atoms. The summed E-state index contributed by atoms with van der Waals surface area (Å²) in [7, 11) is 0. The van der Waals surface area contributed by atoms with E-state index in [0.29, 0.717) is 17.1 Å². The number of ether oxygens (including phenoxy) is 2. The highest BCUT2D eigenvalue weighted by Gasteiger charge is 2.20. The summed E-state index contributed by atoms with van der Waals surface area (Å²) < 4.78 is 10.6. The van der Waals surface area contributed by atoms with Crippen LogP contribution in [0.3, 0.4) is 0 Å². The number of carbonyl (C=O) groups excluding carboxylic acids is 1. The Morgan fingerprint density at radius 3 is 2.50 bits per heavy atom. The van der Waals surface area contributed by atoms with E-state index in [2.05, 4.69) is 12.6 Å². The SMILES string of the molecule is C=C(C)c1ccc(C(=O)CC(C#N)c2ccc3c(c2)OCO3)cc1. The average molecular weight is 319 g/mol. The molecule has 4 nitrogen and oxygen atoms in total. The fourth-order valence-corrected chi connectivity index (χ4v) is 2.61. The Morgan fingerprint density at radius 2 is 1.83 bits per heavy atom. The van der Waals surface area contributed by atoms with Crippen molar-refractivity contribution in [3.63, 3.8) is 0 Å². The first-order valence-corrected chi connectivity index (χ1v) is 7.67. The van der Waals surface area contributed by atoms with Gasteiger partial charge in [0.2, 0.25) is 6.79 Å². The summed E-state index contributed by atoms with van der Waals surface area (Å²) >= 11 is 0. The molecule has 0 aliphatic carbocycles. The minimum absolute atomic E-state index is 0.0625. The van der Waals surface area contributed by atoms with Gasteiger partial charge >= 0.3 is 0 Å². The number of rotatable bonds is 5. The summed E-state index contributed by atoms with van der Waals surface area (Å²) in [6.45, 7) is 5.98. The van der Waals surface area contributed by atoms with Crippen LogP contribution in [-0.4, -0.2) is 12.6 Å². The van der Waals surface area contributed by atoms with Gasteiger partial charge in [0, 0.05) is 12.0 Å². The highest BCUT2D eigenvalue weighted by atomic mass is 16.7. The van der Waals surface area contributed by atoms with Crippen LogP contribution in [-0.2, 0) is 0 Å². The van der Waals surface area contributed by atoms with Crippen molar-refractivity contribution in [3.05, 3.63) is 65.7 Å². The number of ketones is 1. The normalized spacial score (nSPS) is 13.2. The Bertz CT molecular complexity index is 831. The molecule has 0 N–H and O–H groups in total. The van der Waals surface area contributed by atoms with E-state index in [1.807, 2.05) is 19.1 Å². The van der Waals surface area contributed by atoms with Gasteiger partial charge in [-0.15, -0.1) is 0 Å². The maximum atomic E-state index is 12.5. The predicted octanol–water partition coefficient (Wildman–Crippen LogP) is 4.33. The van der Waals surface area contributed by atoms with Gasteiger partial charge in [-0.05, 0) is 30.2 Å². The molecule has 0 bridgehead atoms. The third kappa shape index (κ3) is 3.16. The Labute approximate surface area is 140 Å². The monoisotopic (exact) mass is 319 g/mol. The Balaban J connectivity index is 1.76. The smallest absolute Gasteiger partial charge is 0.231 e. The molecule has 0 radical (unpaired) electrons. The lowest BCUT2D eigenvalue weighted by atomic mass is 9.92. The second-order valence-electron chi connectivity index (χ2n) is 5.78. The molecule has 1 unspecified atom stereocenters. The van der Waals surface area contributed by atoms with Gasteiger partial charge in [0.05, 0.1) is 12.0 Å². The first kappa shape index (κ1) is 15.8. The van der Waals surface area contributed by atoms with Crippen molar-refractivity contribution in [2.24, 2.45) is 0 Å². The number of Topliss-reactive ketones (excluding diaryl/α,β-unsaturated/α-hetero) is 1. The standard InChI is InChI=1S/C20H17NO3/c1-13(2)14-3-5-15(6-4-14)18(22)9-17(11-21)16-7-8-19-20(10-16)24-12-23-19/h3-8,10,17H,1,9,12H2,2H3. The van der Waals surface area contributed by atoms with E-state index in [9.17, 15) is 10.1 Å². The van der Waals surface area contributed by atoms with E-state index in [1.165, 1.54) is 0 Å². The summed E-state index contributed by atoms with van der Waals surface area (Å²) in [4.78, 5) is 12.5. The van der Waals surface area contributed by atoms with Crippen LogP contribution in [0, 0.1) is 11.3 Å². The summed E-state index contributed by atoms with van der Waals surface area (Å²) in [5, 5.41) is 9.45. The molecule has 4 heteroatoms. The molecule has 0 spiro atoms. The van der Waals surface area contributed by atoms with Crippen molar-refractivity contribution in [1.82, 2.24) is 0 Å². The van der Waals surface area contributed by atoms with Crippen molar-refractivity contribution < 1.29 is 14.3 Å². The molecule has 0 saturated carbocycles. The lowest BCUT2D eigenvalue weighted by molar-refractivity contribution is 0.0979. The third-order valence-corrected chi connectivity index (χ3v) is 4.04. The van der Waals surface area contributed by atoms with Gasteiger partial charge in [0.1, 0.15) is 0 Å². The second kappa shape index (κ2) is 6.59. The summed E-state index contributed by atoms with van der Waals surface area (Å²) in [5.74, 6) is 0.698. The zero-order valence-electron chi connectivity index (χ0n) is 13.4. The Morgan fingerprint density at radius 1 is 1.17 bits per heavy atom. The fourth-order valence-electron chi connectivity index (χ4n) is 2.61. The summed E-state index contributed by atoms with van der Waals surface area (Å²) in [5.41, 5.74) is 3.30. The maximum absolute atomic E-state index is 12.5. The van der Waals surface area contributed by atoms with Crippen LogP contribution in [0.2, 0.25) is 0 Å². The molecule has 1 aliphatic heterocycles. The quantitative estimate of drug-likeness (QED) is 0.770. The molecular formula is C20H17NO3. The molecule has 2 aromatic rings. The lowest BCUT2D eigenvalue weighted by Crippen LogP contribution is -2.06. The van der Waals surface area contributed by atoms with E-state index >= 15 is 0 Å². The average Bonchev–Trinajstić information content (AvgIpc) is 3.07. The maximum Gasteiger partial charge on any atom is 0.231 e. The van der Waals surface area contributed by atoms with E-state index in [-0.39, 0.29) is 19.0 Å². The zero-order valence-corrected chi connectivity index (χ0v) is 13.4. The molecule has 1 aliphatic rings. The Hall–Kier alpha value is -3.06. The van der Waals surface area contributed by atoms with Crippen LogP contribution in [0.5, 0.6) is 11.5 Å². The predicted molar refractivity (Wildman–Crippen MR) is 91.0 cm³/mol. The van der Waals surface area contributed by atoms with Crippen molar-refractivity contribution in [3.8, 4) is 17.6 Å². The van der Waals surface area contributed by atoms with Crippen molar-refractivity contribution in [1.29, 1.82) is 5.26 Å². The highest BCUT2D eigenvalue weighted by molar-refractivity contribution is 5.97. The van der Waals surface area contributed by atoms with Crippen molar-refractivity contribution in [2.75, 3.05) is 6.79 Å². The van der Waals surface area contributed by atoms with Crippen LogP contribution in [0.1, 0.15) is 40.7 Å². The first-order valence-electron chi connectivity index (χ1n) is 7.67. The van der Waals surface area contributed by atoms with Crippen LogP contribution in [0.4, 0.5) is 0 Å². The molecule has 1 heterocycles. The number of nitrogens with zero attached hydrogens (tertiary/aromatic N) is 1. The molecule has 3 rings (SSSR count). The number of benzene rings is 2. The number of allylic oxidation sites excluding steroid dienone is 1. The molecule has 120 valence electrons. The molecular weight excluding hydrogens is 302 g/mol. The van der Waals surface area contributed by atoms with Crippen molar-refractivity contribution in [2.45, 2.75) is 19.3 Å². The van der Waals surface area contributed by atoms with Gasteiger partial charge in [0.25, 0.3) is 0 Å². The molecule has 2 aromatic carbocycles. The lowest BCUT2D eigenvalue weighted by Gasteiger charge is -2.10. The number of fused-ring (bicyclic) bond motifs is 1. The molecule has 1 atom stereocenters. The van der Waals surface area contributed by atoms with E-state index < -0.39 is 5.92 Å². The van der Waals surface area contributed by atoms with E-state index in [0.717, 1.165) is 16.7 Å². The van der Waals surface area contributed by atoms with Crippen LogP contribution < -0.4 is 9.47 Å². The third-order valence-electron chi connectivity index (χ3n) is 4.04. The Kier molecular flexibility index (Phi) is 4.35. The van der Waals surface area contributed by atoms with Gasteiger partial charge in [-0.3, -0.25) is 4.79 Å². The summed E-state index contributed by atoms with van der Waals surface area (Å²) in [6.07, 6.45) is 0.128. The molecule has 0 saturated heterocycles. The van der Waals surface area contributed by atoms with Gasteiger partial charge < -0.3 is 9.47 Å². The van der Waals surface area contributed by atoms with Crippen LogP contribution in [0.25, 0.3) is 5.57 Å². The number of nitriles is 1. The second-order valence-corrected chi connectivity index (χ2v) is 5.78.